The van der Waals surface area contributed by atoms with E-state index in [1.165, 1.54) is 12.1 Å². The van der Waals surface area contributed by atoms with E-state index in [-0.39, 0.29) is 23.2 Å². The van der Waals surface area contributed by atoms with Gasteiger partial charge in [0.2, 0.25) is 5.91 Å². The molecular weight excluding hydrogens is 284 g/mol. The molecule has 0 aromatic heterocycles. The second kappa shape index (κ2) is 6.89. The zero-order valence-corrected chi connectivity index (χ0v) is 12.4. The van der Waals surface area contributed by atoms with Crippen LogP contribution < -0.4 is 5.32 Å². The van der Waals surface area contributed by atoms with Gasteiger partial charge in [-0.2, -0.15) is 5.26 Å². The molecule has 1 aromatic rings. The number of nitro benzene ring substituents is 1. The van der Waals surface area contributed by atoms with Crippen LogP contribution in [0.1, 0.15) is 31.7 Å². The number of rotatable bonds is 6. The van der Waals surface area contributed by atoms with Crippen molar-refractivity contribution in [3.05, 3.63) is 33.9 Å². The standard InChI is InChI=1S/C15H18N4O3/c1-11(6-8-18-7-2-3-15(18)20)17-13-4-5-14(19(21)22)12(9-13)10-16/h4-5,9,11,17H,2-3,6-8H2,1H3/t11-/m0/s1. The summed E-state index contributed by atoms with van der Waals surface area (Å²) in [6.45, 7) is 3.50. The summed E-state index contributed by atoms with van der Waals surface area (Å²) in [6.07, 6.45) is 2.34. The van der Waals surface area contributed by atoms with Gasteiger partial charge in [-0.15, -0.1) is 0 Å². The normalized spacial score (nSPS) is 15.5. The third-order valence-electron chi connectivity index (χ3n) is 3.73. The highest BCUT2D eigenvalue weighted by atomic mass is 16.6. The summed E-state index contributed by atoms with van der Waals surface area (Å²) in [5.41, 5.74) is 0.516. The average Bonchev–Trinajstić information content (AvgIpc) is 2.90. The van der Waals surface area contributed by atoms with Crippen molar-refractivity contribution < 1.29 is 9.72 Å². The van der Waals surface area contributed by atoms with Crippen LogP contribution >= 0.6 is 0 Å². The zero-order valence-electron chi connectivity index (χ0n) is 12.4. The van der Waals surface area contributed by atoms with Gasteiger partial charge < -0.3 is 10.2 Å². The molecule has 1 aliphatic heterocycles. The van der Waals surface area contributed by atoms with E-state index in [0.29, 0.717) is 18.7 Å². The number of nitriles is 1. The van der Waals surface area contributed by atoms with Crippen molar-refractivity contribution in [1.29, 1.82) is 5.26 Å². The highest BCUT2D eigenvalue weighted by Crippen LogP contribution is 2.22. The lowest BCUT2D eigenvalue weighted by molar-refractivity contribution is -0.385. The Kier molecular flexibility index (Phi) is 4.94. The number of anilines is 1. The molecule has 22 heavy (non-hydrogen) atoms. The predicted molar refractivity (Wildman–Crippen MR) is 81.3 cm³/mol. The number of nitrogens with one attached hydrogen (secondary N) is 1. The van der Waals surface area contributed by atoms with Crippen LogP contribution in [0.3, 0.4) is 0 Å². The molecule has 0 spiro atoms. The Morgan fingerprint density at radius 1 is 1.55 bits per heavy atom. The van der Waals surface area contributed by atoms with Crippen molar-refractivity contribution in [2.45, 2.75) is 32.2 Å². The number of hydrogen-bond acceptors (Lipinski definition) is 5. The molecule has 7 nitrogen and oxygen atoms in total. The van der Waals surface area contributed by atoms with Crippen LogP contribution in [0.15, 0.2) is 18.2 Å². The second-order valence-corrected chi connectivity index (χ2v) is 5.42. The maximum atomic E-state index is 11.5. The molecule has 0 unspecified atom stereocenters. The summed E-state index contributed by atoms with van der Waals surface area (Å²) in [6, 6.07) is 6.34. The van der Waals surface area contributed by atoms with Crippen LogP contribution in [-0.2, 0) is 4.79 Å². The molecule has 1 atom stereocenters. The van der Waals surface area contributed by atoms with Crippen molar-refractivity contribution in [3.63, 3.8) is 0 Å². The summed E-state index contributed by atoms with van der Waals surface area (Å²) >= 11 is 0. The average molecular weight is 302 g/mol. The fraction of sp³-hybridized carbons (Fsp3) is 0.467. The number of amides is 1. The number of carbonyl (C=O) groups excluding carboxylic acids is 1. The van der Waals surface area contributed by atoms with E-state index >= 15 is 0 Å². The van der Waals surface area contributed by atoms with E-state index in [1.807, 2.05) is 17.9 Å². The van der Waals surface area contributed by atoms with Gasteiger partial charge in [0.05, 0.1) is 4.92 Å². The van der Waals surface area contributed by atoms with Crippen LogP contribution in [0.4, 0.5) is 11.4 Å². The third-order valence-corrected chi connectivity index (χ3v) is 3.73. The van der Waals surface area contributed by atoms with Crippen molar-refractivity contribution in [2.75, 3.05) is 18.4 Å². The first-order valence-electron chi connectivity index (χ1n) is 7.24. The fourth-order valence-corrected chi connectivity index (χ4v) is 2.52. The molecule has 1 aliphatic rings. The van der Waals surface area contributed by atoms with Crippen LogP contribution in [-0.4, -0.2) is 34.9 Å². The number of nitro groups is 1. The Morgan fingerprint density at radius 3 is 2.91 bits per heavy atom. The molecule has 1 amide bonds. The van der Waals surface area contributed by atoms with E-state index in [2.05, 4.69) is 5.32 Å². The summed E-state index contributed by atoms with van der Waals surface area (Å²) in [7, 11) is 0. The maximum Gasteiger partial charge on any atom is 0.287 e. The third kappa shape index (κ3) is 3.73. The quantitative estimate of drug-likeness (QED) is 0.642. The molecule has 2 rings (SSSR count). The van der Waals surface area contributed by atoms with Gasteiger partial charge in [-0.3, -0.25) is 14.9 Å². The number of nitrogens with zero attached hydrogens (tertiary/aromatic N) is 3. The minimum Gasteiger partial charge on any atom is -0.382 e. The van der Waals surface area contributed by atoms with Crippen LogP contribution in [0.5, 0.6) is 0 Å². The van der Waals surface area contributed by atoms with E-state index < -0.39 is 4.92 Å². The molecule has 1 fully saturated rings. The molecule has 116 valence electrons. The van der Waals surface area contributed by atoms with Gasteiger partial charge >= 0.3 is 0 Å². The van der Waals surface area contributed by atoms with Gasteiger partial charge in [0.1, 0.15) is 11.6 Å². The zero-order chi connectivity index (χ0) is 16.1. The lowest BCUT2D eigenvalue weighted by Gasteiger charge is -2.20. The van der Waals surface area contributed by atoms with Crippen molar-refractivity contribution in [2.24, 2.45) is 0 Å². The Labute approximate surface area is 128 Å². The Bertz CT molecular complexity index is 624. The van der Waals surface area contributed by atoms with Gasteiger partial charge in [0.25, 0.3) is 5.69 Å². The minimum atomic E-state index is -0.565. The second-order valence-electron chi connectivity index (χ2n) is 5.42. The lowest BCUT2D eigenvalue weighted by atomic mass is 10.1. The molecular formula is C15H18N4O3. The monoisotopic (exact) mass is 302 g/mol. The Morgan fingerprint density at radius 2 is 2.32 bits per heavy atom. The number of carbonyl (C=O) groups is 1. The van der Waals surface area contributed by atoms with Crippen LogP contribution in [0.2, 0.25) is 0 Å². The largest absolute Gasteiger partial charge is 0.382 e. The van der Waals surface area contributed by atoms with Gasteiger partial charge in [-0.1, -0.05) is 0 Å². The van der Waals surface area contributed by atoms with E-state index in [1.54, 1.807) is 6.07 Å². The van der Waals surface area contributed by atoms with Gasteiger partial charge in [0.15, 0.2) is 0 Å². The summed E-state index contributed by atoms with van der Waals surface area (Å²) in [5, 5.41) is 23.0. The summed E-state index contributed by atoms with van der Waals surface area (Å²) in [5.74, 6) is 0.203. The fourth-order valence-electron chi connectivity index (χ4n) is 2.52. The van der Waals surface area contributed by atoms with Gasteiger partial charge in [-0.25, -0.2) is 0 Å². The number of likely N-dealkylation sites (tertiary alicyclic amines) is 1. The summed E-state index contributed by atoms with van der Waals surface area (Å²) < 4.78 is 0. The van der Waals surface area contributed by atoms with E-state index in [0.717, 1.165) is 19.4 Å². The molecule has 0 bridgehead atoms. The van der Waals surface area contributed by atoms with E-state index in [4.69, 9.17) is 5.26 Å². The molecule has 0 aliphatic carbocycles. The topological polar surface area (TPSA) is 99.3 Å². The first-order valence-corrected chi connectivity index (χ1v) is 7.24. The van der Waals surface area contributed by atoms with Crippen molar-refractivity contribution >= 4 is 17.3 Å². The minimum absolute atomic E-state index is 0.0388. The van der Waals surface area contributed by atoms with Crippen molar-refractivity contribution in [1.82, 2.24) is 4.90 Å². The highest BCUT2D eigenvalue weighted by Gasteiger charge is 2.20. The van der Waals surface area contributed by atoms with Crippen molar-refractivity contribution in [3.8, 4) is 6.07 Å². The molecule has 0 radical (unpaired) electrons. The number of benzene rings is 1. The number of hydrogen-bond donors (Lipinski definition) is 1. The molecule has 0 saturated carbocycles. The van der Waals surface area contributed by atoms with Crippen LogP contribution in [0.25, 0.3) is 0 Å². The summed E-state index contributed by atoms with van der Waals surface area (Å²) in [4.78, 5) is 23.6. The van der Waals surface area contributed by atoms with E-state index in [9.17, 15) is 14.9 Å². The van der Waals surface area contributed by atoms with Crippen LogP contribution in [0, 0.1) is 21.4 Å². The maximum absolute atomic E-state index is 11.5. The Balaban J connectivity index is 1.94. The molecule has 1 heterocycles. The first-order chi connectivity index (χ1) is 10.5. The molecule has 7 heteroatoms. The predicted octanol–water partition coefficient (Wildman–Crippen LogP) is 2.28. The molecule has 1 N–H and O–H groups in total. The van der Waals surface area contributed by atoms with Gasteiger partial charge in [0, 0.05) is 37.3 Å². The smallest absolute Gasteiger partial charge is 0.287 e. The first kappa shape index (κ1) is 15.8. The van der Waals surface area contributed by atoms with Gasteiger partial charge in [-0.05, 0) is 31.9 Å². The Hall–Kier alpha value is -2.62. The highest BCUT2D eigenvalue weighted by molar-refractivity contribution is 5.78. The molecule has 1 saturated heterocycles. The SMILES string of the molecule is C[C@@H](CCN1CCCC1=O)Nc1ccc([N+](=O)[O-])c(C#N)c1. The molecule has 1 aromatic carbocycles. The lowest BCUT2D eigenvalue weighted by Crippen LogP contribution is -2.29.